The molecule has 0 aromatic rings. The first kappa shape index (κ1) is 15.9. The van der Waals surface area contributed by atoms with E-state index in [0.717, 1.165) is 18.4 Å². The zero-order chi connectivity index (χ0) is 14.2. The van der Waals surface area contributed by atoms with Crippen LogP contribution in [0.3, 0.4) is 0 Å². The van der Waals surface area contributed by atoms with E-state index in [1.54, 1.807) is 7.11 Å². The highest BCUT2D eigenvalue weighted by Gasteiger charge is 2.29. The quantitative estimate of drug-likeness (QED) is 0.499. The molecule has 0 aromatic carbocycles. The molecule has 0 aromatic heterocycles. The minimum atomic E-state index is 0.560. The summed E-state index contributed by atoms with van der Waals surface area (Å²) < 4.78 is 11.1. The van der Waals surface area contributed by atoms with Crippen molar-refractivity contribution in [1.29, 1.82) is 0 Å². The van der Waals surface area contributed by atoms with Gasteiger partial charge in [0.1, 0.15) is 0 Å². The minimum Gasteiger partial charge on any atom is -0.504 e. The molecule has 2 heteroatoms. The molecule has 2 fully saturated rings. The van der Waals surface area contributed by atoms with Crippen molar-refractivity contribution in [3.05, 3.63) is 11.8 Å². The molecule has 2 aliphatic carbocycles. The van der Waals surface area contributed by atoms with Gasteiger partial charge in [0.05, 0.1) is 19.5 Å². The molecule has 2 nitrogen and oxygen atoms in total. The predicted octanol–water partition coefficient (Wildman–Crippen LogP) is 5.08. The number of hydrogen-bond donors (Lipinski definition) is 0. The monoisotopic (exact) mass is 280 g/mol. The fourth-order valence-electron chi connectivity index (χ4n) is 3.89. The number of allylic oxidation sites excluding steroid dienone is 1. The van der Waals surface area contributed by atoms with Crippen molar-refractivity contribution < 1.29 is 9.47 Å². The van der Waals surface area contributed by atoms with E-state index in [1.807, 2.05) is 6.26 Å². The van der Waals surface area contributed by atoms with Gasteiger partial charge >= 0.3 is 0 Å². The molecule has 0 atom stereocenters. The molecule has 2 aliphatic rings. The average molecular weight is 280 g/mol. The molecule has 0 saturated heterocycles. The van der Waals surface area contributed by atoms with Crippen LogP contribution >= 0.6 is 0 Å². The Morgan fingerprint density at radius 3 is 2.25 bits per heavy atom. The van der Waals surface area contributed by atoms with Crippen LogP contribution in [0.5, 0.6) is 0 Å². The zero-order valence-electron chi connectivity index (χ0n) is 13.4. The SMILES string of the molecule is CCCCOC1CCC(C2CCC(=COC)CC2)CC1. The highest BCUT2D eigenvalue weighted by Crippen LogP contribution is 2.40. The van der Waals surface area contributed by atoms with Crippen LogP contribution in [0, 0.1) is 11.8 Å². The molecule has 0 heterocycles. The van der Waals surface area contributed by atoms with Crippen molar-refractivity contribution in [2.45, 2.75) is 77.2 Å². The fourth-order valence-corrected chi connectivity index (χ4v) is 3.89. The smallest absolute Gasteiger partial charge is 0.0816 e. The highest BCUT2D eigenvalue weighted by molar-refractivity contribution is 5.02. The van der Waals surface area contributed by atoms with Crippen molar-refractivity contribution in [2.75, 3.05) is 13.7 Å². The van der Waals surface area contributed by atoms with Crippen molar-refractivity contribution in [3.8, 4) is 0 Å². The molecule has 0 N–H and O–H groups in total. The van der Waals surface area contributed by atoms with E-state index in [4.69, 9.17) is 9.47 Å². The molecular weight excluding hydrogens is 248 g/mol. The van der Waals surface area contributed by atoms with E-state index in [1.165, 1.54) is 69.8 Å². The Bertz CT molecular complexity index is 280. The average Bonchev–Trinajstić information content (AvgIpc) is 2.49. The molecule has 0 unspecified atom stereocenters. The molecule has 0 spiro atoms. The largest absolute Gasteiger partial charge is 0.504 e. The third kappa shape index (κ3) is 4.80. The summed E-state index contributed by atoms with van der Waals surface area (Å²) in [6.45, 7) is 3.20. The van der Waals surface area contributed by atoms with Gasteiger partial charge in [-0.1, -0.05) is 13.3 Å². The number of unbranched alkanes of at least 4 members (excludes halogenated alkanes) is 1. The van der Waals surface area contributed by atoms with E-state index in [2.05, 4.69) is 6.92 Å². The fraction of sp³-hybridized carbons (Fsp3) is 0.889. The Balaban J connectivity index is 1.65. The van der Waals surface area contributed by atoms with Gasteiger partial charge in [0.15, 0.2) is 0 Å². The van der Waals surface area contributed by atoms with Gasteiger partial charge in [0.25, 0.3) is 0 Å². The van der Waals surface area contributed by atoms with Gasteiger partial charge in [-0.2, -0.15) is 0 Å². The molecular formula is C18H32O2. The van der Waals surface area contributed by atoms with Gasteiger partial charge in [-0.25, -0.2) is 0 Å². The zero-order valence-corrected chi connectivity index (χ0v) is 13.4. The van der Waals surface area contributed by atoms with Crippen LogP contribution in [-0.4, -0.2) is 19.8 Å². The van der Waals surface area contributed by atoms with E-state index in [9.17, 15) is 0 Å². The maximum absolute atomic E-state index is 5.98. The first-order chi connectivity index (χ1) is 9.83. The summed E-state index contributed by atoms with van der Waals surface area (Å²) >= 11 is 0. The molecule has 20 heavy (non-hydrogen) atoms. The summed E-state index contributed by atoms with van der Waals surface area (Å²) in [5.74, 6) is 1.92. The first-order valence-electron chi connectivity index (χ1n) is 8.65. The van der Waals surface area contributed by atoms with E-state index >= 15 is 0 Å². The second kappa shape index (κ2) is 8.71. The lowest BCUT2D eigenvalue weighted by Crippen LogP contribution is -2.27. The van der Waals surface area contributed by atoms with E-state index in [0.29, 0.717) is 6.10 Å². The first-order valence-corrected chi connectivity index (χ1v) is 8.65. The van der Waals surface area contributed by atoms with Crippen LogP contribution in [0.25, 0.3) is 0 Å². The molecule has 0 radical (unpaired) electrons. The van der Waals surface area contributed by atoms with Gasteiger partial charge in [0.2, 0.25) is 0 Å². The summed E-state index contributed by atoms with van der Waals surface area (Å²) in [5.41, 5.74) is 1.51. The molecule has 0 amide bonds. The van der Waals surface area contributed by atoms with Gasteiger partial charge in [-0.15, -0.1) is 0 Å². The lowest BCUT2D eigenvalue weighted by Gasteiger charge is -2.36. The second-order valence-corrected chi connectivity index (χ2v) is 6.61. The van der Waals surface area contributed by atoms with Crippen molar-refractivity contribution in [3.63, 3.8) is 0 Å². The molecule has 2 saturated carbocycles. The van der Waals surface area contributed by atoms with Gasteiger partial charge in [-0.05, 0) is 75.2 Å². The topological polar surface area (TPSA) is 18.5 Å². The summed E-state index contributed by atoms with van der Waals surface area (Å²) in [6, 6.07) is 0. The number of hydrogen-bond acceptors (Lipinski definition) is 2. The van der Waals surface area contributed by atoms with Crippen LogP contribution in [0.2, 0.25) is 0 Å². The highest BCUT2D eigenvalue weighted by atomic mass is 16.5. The Morgan fingerprint density at radius 1 is 1.00 bits per heavy atom. The van der Waals surface area contributed by atoms with Crippen LogP contribution in [-0.2, 0) is 9.47 Å². The summed E-state index contributed by atoms with van der Waals surface area (Å²) in [7, 11) is 1.76. The van der Waals surface area contributed by atoms with Crippen LogP contribution in [0.1, 0.15) is 71.1 Å². The number of methoxy groups -OCH3 is 1. The maximum Gasteiger partial charge on any atom is 0.0816 e. The van der Waals surface area contributed by atoms with Gasteiger partial charge < -0.3 is 9.47 Å². The van der Waals surface area contributed by atoms with E-state index < -0.39 is 0 Å². The molecule has 0 aliphatic heterocycles. The minimum absolute atomic E-state index is 0.560. The standard InChI is InChI=1S/C18H32O2/c1-3-4-13-20-18-11-9-17(10-12-18)16-7-5-15(6-8-16)14-19-2/h14,16-18H,3-13H2,1-2H3. The van der Waals surface area contributed by atoms with Crippen LogP contribution in [0.15, 0.2) is 11.8 Å². The Kier molecular flexibility index (Phi) is 6.92. The van der Waals surface area contributed by atoms with Crippen molar-refractivity contribution >= 4 is 0 Å². The third-order valence-electron chi connectivity index (χ3n) is 5.19. The molecule has 2 rings (SSSR count). The Hall–Kier alpha value is -0.500. The lowest BCUT2D eigenvalue weighted by molar-refractivity contribution is 0.00793. The number of rotatable bonds is 6. The van der Waals surface area contributed by atoms with Gasteiger partial charge in [0, 0.05) is 6.61 Å². The summed E-state index contributed by atoms with van der Waals surface area (Å²) in [4.78, 5) is 0. The maximum atomic E-state index is 5.98. The predicted molar refractivity (Wildman–Crippen MR) is 83.7 cm³/mol. The molecule has 116 valence electrons. The number of ether oxygens (including phenoxy) is 2. The summed E-state index contributed by atoms with van der Waals surface area (Å²) in [6.07, 6.45) is 15.6. The van der Waals surface area contributed by atoms with Crippen molar-refractivity contribution in [1.82, 2.24) is 0 Å². The van der Waals surface area contributed by atoms with E-state index in [-0.39, 0.29) is 0 Å². The normalized spacial score (nSPS) is 31.1. The Labute approximate surface area is 124 Å². The van der Waals surface area contributed by atoms with Crippen molar-refractivity contribution in [2.24, 2.45) is 11.8 Å². The van der Waals surface area contributed by atoms with Crippen LogP contribution in [0.4, 0.5) is 0 Å². The van der Waals surface area contributed by atoms with Crippen LogP contribution < -0.4 is 0 Å². The summed E-state index contributed by atoms with van der Waals surface area (Å²) in [5, 5.41) is 0. The molecule has 0 bridgehead atoms. The second-order valence-electron chi connectivity index (χ2n) is 6.61. The van der Waals surface area contributed by atoms with Gasteiger partial charge in [-0.3, -0.25) is 0 Å². The Morgan fingerprint density at radius 2 is 1.65 bits per heavy atom. The lowest BCUT2D eigenvalue weighted by atomic mass is 9.72. The third-order valence-corrected chi connectivity index (χ3v) is 5.19.